The van der Waals surface area contributed by atoms with Crippen LogP contribution in [0.4, 0.5) is 4.39 Å². The third-order valence-corrected chi connectivity index (χ3v) is 4.99. The maximum atomic E-state index is 13.0. The van der Waals surface area contributed by atoms with Gasteiger partial charge in [-0.05, 0) is 43.6 Å². The van der Waals surface area contributed by atoms with E-state index in [4.69, 9.17) is 11.6 Å². The number of hydrogen-bond donors (Lipinski definition) is 2. The molecule has 0 saturated carbocycles. The van der Waals surface area contributed by atoms with Gasteiger partial charge in [-0.2, -0.15) is 11.8 Å². The standard InChI is InChI=1S/C12H17ClFNO3S2/c1-12(16,5-6-19-2)8-15-20(17,18)9-3-4-11(14)10(13)7-9/h3-4,7,15-16H,5-6,8H2,1-2H3/t12-/m0/s1. The third kappa shape index (κ3) is 5.21. The SMILES string of the molecule is CSCC[C@](C)(O)CNS(=O)(=O)c1ccc(F)c(Cl)c1. The van der Waals surface area contributed by atoms with Crippen LogP contribution in [0.25, 0.3) is 0 Å². The third-order valence-electron chi connectivity index (χ3n) is 2.69. The lowest BCUT2D eigenvalue weighted by Gasteiger charge is -2.23. The van der Waals surface area contributed by atoms with E-state index in [1.54, 1.807) is 18.7 Å². The van der Waals surface area contributed by atoms with Crippen molar-refractivity contribution in [3.63, 3.8) is 0 Å². The molecule has 0 aliphatic rings. The number of nitrogens with one attached hydrogen (secondary N) is 1. The highest BCUT2D eigenvalue weighted by Crippen LogP contribution is 2.20. The molecule has 0 aromatic heterocycles. The lowest BCUT2D eigenvalue weighted by Crippen LogP contribution is -2.41. The summed E-state index contributed by atoms with van der Waals surface area (Å²) in [6, 6.07) is 3.15. The highest BCUT2D eigenvalue weighted by atomic mass is 35.5. The molecule has 0 aliphatic carbocycles. The van der Waals surface area contributed by atoms with Gasteiger partial charge in [0.1, 0.15) is 5.82 Å². The average molecular weight is 342 g/mol. The first-order valence-corrected chi connectivity index (χ1v) is 9.09. The van der Waals surface area contributed by atoms with E-state index in [2.05, 4.69) is 4.72 Å². The van der Waals surface area contributed by atoms with Gasteiger partial charge in [-0.25, -0.2) is 17.5 Å². The first-order chi connectivity index (χ1) is 9.18. The number of rotatable bonds is 7. The Kier molecular flexibility index (Phi) is 6.27. The molecule has 1 rings (SSSR count). The summed E-state index contributed by atoms with van der Waals surface area (Å²) in [6.45, 7) is 1.44. The van der Waals surface area contributed by atoms with E-state index in [9.17, 15) is 17.9 Å². The molecule has 114 valence electrons. The highest BCUT2D eigenvalue weighted by molar-refractivity contribution is 7.98. The minimum Gasteiger partial charge on any atom is -0.389 e. The fourth-order valence-corrected chi connectivity index (χ4v) is 3.47. The zero-order valence-corrected chi connectivity index (χ0v) is 13.6. The summed E-state index contributed by atoms with van der Waals surface area (Å²) in [5.41, 5.74) is -1.14. The van der Waals surface area contributed by atoms with Crippen LogP contribution in [0.1, 0.15) is 13.3 Å². The highest BCUT2D eigenvalue weighted by Gasteiger charge is 2.24. The van der Waals surface area contributed by atoms with Crippen molar-refractivity contribution < 1.29 is 17.9 Å². The lowest BCUT2D eigenvalue weighted by atomic mass is 10.1. The van der Waals surface area contributed by atoms with Crippen molar-refractivity contribution in [2.24, 2.45) is 0 Å². The zero-order chi connectivity index (χ0) is 15.4. The molecule has 0 radical (unpaired) electrons. The molecule has 0 saturated heterocycles. The van der Waals surface area contributed by atoms with Crippen LogP contribution in [0.15, 0.2) is 23.1 Å². The summed E-state index contributed by atoms with van der Waals surface area (Å²) < 4.78 is 39.3. The monoisotopic (exact) mass is 341 g/mol. The second kappa shape index (κ2) is 7.09. The molecule has 1 aromatic carbocycles. The topological polar surface area (TPSA) is 66.4 Å². The minimum atomic E-state index is -3.83. The normalized spacial score (nSPS) is 15.1. The van der Waals surface area contributed by atoms with Gasteiger partial charge in [0.05, 0.1) is 15.5 Å². The fraction of sp³-hybridized carbons (Fsp3) is 0.500. The van der Waals surface area contributed by atoms with E-state index in [0.29, 0.717) is 6.42 Å². The van der Waals surface area contributed by atoms with Crippen LogP contribution in [-0.4, -0.2) is 37.7 Å². The second-order valence-electron chi connectivity index (χ2n) is 4.64. The first-order valence-electron chi connectivity index (χ1n) is 5.84. The maximum Gasteiger partial charge on any atom is 0.240 e. The van der Waals surface area contributed by atoms with Crippen molar-refractivity contribution in [3.8, 4) is 0 Å². The van der Waals surface area contributed by atoms with Gasteiger partial charge in [-0.1, -0.05) is 11.6 Å². The molecule has 8 heteroatoms. The Morgan fingerprint density at radius 1 is 1.50 bits per heavy atom. The van der Waals surface area contributed by atoms with Gasteiger partial charge in [0.25, 0.3) is 0 Å². The number of hydrogen-bond acceptors (Lipinski definition) is 4. The molecule has 0 fully saturated rings. The van der Waals surface area contributed by atoms with E-state index < -0.39 is 21.4 Å². The lowest BCUT2D eigenvalue weighted by molar-refractivity contribution is 0.0626. The van der Waals surface area contributed by atoms with Gasteiger partial charge in [-0.15, -0.1) is 0 Å². The van der Waals surface area contributed by atoms with E-state index >= 15 is 0 Å². The predicted octanol–water partition coefficient (Wildman–Crippen LogP) is 2.26. The van der Waals surface area contributed by atoms with Gasteiger partial charge in [0.15, 0.2) is 0 Å². The van der Waals surface area contributed by atoms with Gasteiger partial charge in [0.2, 0.25) is 10.0 Å². The van der Waals surface area contributed by atoms with Gasteiger partial charge >= 0.3 is 0 Å². The molecular formula is C12H17ClFNO3S2. The largest absolute Gasteiger partial charge is 0.389 e. The van der Waals surface area contributed by atoms with E-state index in [-0.39, 0.29) is 16.5 Å². The molecule has 20 heavy (non-hydrogen) atoms. The summed E-state index contributed by atoms with van der Waals surface area (Å²) in [5.74, 6) is 0.0366. The predicted molar refractivity (Wildman–Crippen MR) is 80.2 cm³/mol. The van der Waals surface area contributed by atoms with Crippen LogP contribution in [0, 0.1) is 5.82 Å². The quantitative estimate of drug-likeness (QED) is 0.798. The Hall–Kier alpha value is -0.340. The Morgan fingerprint density at radius 2 is 2.15 bits per heavy atom. The van der Waals surface area contributed by atoms with Crippen LogP contribution < -0.4 is 4.72 Å². The Labute approximate surface area is 127 Å². The number of halogens is 2. The summed E-state index contributed by atoms with van der Waals surface area (Å²) >= 11 is 7.12. The molecule has 1 aromatic rings. The number of sulfonamides is 1. The molecule has 0 bridgehead atoms. The smallest absolute Gasteiger partial charge is 0.240 e. The van der Waals surface area contributed by atoms with Crippen LogP contribution in [-0.2, 0) is 10.0 Å². The first kappa shape index (κ1) is 17.7. The van der Waals surface area contributed by atoms with E-state index in [0.717, 1.165) is 24.0 Å². The summed E-state index contributed by atoms with van der Waals surface area (Å²) in [5, 5.41) is 9.77. The minimum absolute atomic E-state index is 0.120. The van der Waals surface area contributed by atoms with Crippen molar-refractivity contribution >= 4 is 33.4 Å². The Bertz CT molecular complexity index is 564. The van der Waals surface area contributed by atoms with Gasteiger partial charge < -0.3 is 5.11 Å². The van der Waals surface area contributed by atoms with Crippen molar-refractivity contribution in [2.45, 2.75) is 23.8 Å². The van der Waals surface area contributed by atoms with Crippen LogP contribution in [0.3, 0.4) is 0 Å². The molecular weight excluding hydrogens is 325 g/mol. The fourth-order valence-electron chi connectivity index (χ4n) is 1.39. The number of benzene rings is 1. The molecule has 0 spiro atoms. The number of thioether (sulfide) groups is 1. The van der Waals surface area contributed by atoms with Crippen molar-refractivity contribution in [2.75, 3.05) is 18.6 Å². The second-order valence-corrected chi connectivity index (χ2v) is 7.80. The van der Waals surface area contributed by atoms with Gasteiger partial charge in [-0.3, -0.25) is 0 Å². The molecule has 0 heterocycles. The van der Waals surface area contributed by atoms with Crippen molar-refractivity contribution in [1.29, 1.82) is 0 Å². The van der Waals surface area contributed by atoms with Crippen LogP contribution in [0.5, 0.6) is 0 Å². The van der Waals surface area contributed by atoms with Crippen LogP contribution in [0.2, 0.25) is 5.02 Å². The van der Waals surface area contributed by atoms with E-state index in [1.807, 2.05) is 6.26 Å². The summed E-state index contributed by atoms with van der Waals surface area (Å²) in [6.07, 6.45) is 2.36. The van der Waals surface area contributed by atoms with Gasteiger partial charge in [0, 0.05) is 6.54 Å². The Balaban J connectivity index is 2.77. The zero-order valence-electron chi connectivity index (χ0n) is 11.2. The summed E-state index contributed by atoms with van der Waals surface area (Å²) in [4.78, 5) is -0.135. The molecule has 0 unspecified atom stereocenters. The molecule has 2 N–H and O–H groups in total. The average Bonchev–Trinajstić information content (AvgIpc) is 2.37. The molecule has 0 aliphatic heterocycles. The van der Waals surface area contributed by atoms with E-state index in [1.165, 1.54) is 0 Å². The summed E-state index contributed by atoms with van der Waals surface area (Å²) in [7, 11) is -3.83. The maximum absolute atomic E-state index is 13.0. The van der Waals surface area contributed by atoms with Crippen molar-refractivity contribution in [3.05, 3.63) is 29.0 Å². The molecule has 1 atom stereocenters. The molecule has 0 amide bonds. The number of aliphatic hydroxyl groups is 1. The Morgan fingerprint density at radius 3 is 2.70 bits per heavy atom. The van der Waals surface area contributed by atoms with Crippen molar-refractivity contribution in [1.82, 2.24) is 4.72 Å². The van der Waals surface area contributed by atoms with Crippen LogP contribution >= 0.6 is 23.4 Å². The molecule has 4 nitrogen and oxygen atoms in total.